The largest absolute Gasteiger partial charge is 0.493 e. The highest BCUT2D eigenvalue weighted by molar-refractivity contribution is 6.32. The SMILES string of the molecule is CCCCCCCNCc1cc(Cl)c(OCc2ccc(Cl)cc2)c(OC)c1.Cl. The van der Waals surface area contributed by atoms with Crippen LogP contribution in [0.2, 0.25) is 10.0 Å². The zero-order valence-electron chi connectivity index (χ0n) is 16.6. The molecule has 156 valence electrons. The Kier molecular flexibility index (Phi) is 12.4. The molecule has 0 radical (unpaired) electrons. The van der Waals surface area contributed by atoms with E-state index in [9.17, 15) is 0 Å². The molecule has 0 bridgehead atoms. The minimum atomic E-state index is 0. The average molecular weight is 447 g/mol. The first-order chi connectivity index (χ1) is 13.1. The summed E-state index contributed by atoms with van der Waals surface area (Å²) in [4.78, 5) is 0. The maximum Gasteiger partial charge on any atom is 0.180 e. The highest BCUT2D eigenvalue weighted by atomic mass is 35.5. The fraction of sp³-hybridized carbons (Fsp3) is 0.455. The number of unbranched alkanes of at least 4 members (excludes halogenated alkanes) is 4. The van der Waals surface area contributed by atoms with E-state index in [1.165, 1.54) is 32.1 Å². The van der Waals surface area contributed by atoms with Gasteiger partial charge in [0, 0.05) is 11.6 Å². The summed E-state index contributed by atoms with van der Waals surface area (Å²) >= 11 is 12.4. The van der Waals surface area contributed by atoms with Crippen LogP contribution in [-0.2, 0) is 13.2 Å². The maximum absolute atomic E-state index is 6.45. The molecule has 1 N–H and O–H groups in total. The Hall–Kier alpha value is -1.13. The van der Waals surface area contributed by atoms with E-state index in [-0.39, 0.29) is 12.4 Å². The lowest BCUT2D eigenvalue weighted by atomic mass is 10.1. The summed E-state index contributed by atoms with van der Waals surface area (Å²) in [5, 5.41) is 4.74. The second-order valence-electron chi connectivity index (χ2n) is 6.62. The molecule has 0 aliphatic rings. The van der Waals surface area contributed by atoms with Crippen LogP contribution in [0.15, 0.2) is 36.4 Å². The number of hydrogen-bond acceptors (Lipinski definition) is 3. The van der Waals surface area contributed by atoms with E-state index >= 15 is 0 Å². The quantitative estimate of drug-likeness (QED) is 0.354. The van der Waals surface area contributed by atoms with Crippen molar-refractivity contribution in [1.29, 1.82) is 0 Å². The topological polar surface area (TPSA) is 30.5 Å². The van der Waals surface area contributed by atoms with Crippen LogP contribution in [0.1, 0.15) is 50.2 Å². The predicted molar refractivity (Wildman–Crippen MR) is 122 cm³/mol. The first-order valence-electron chi connectivity index (χ1n) is 9.58. The summed E-state index contributed by atoms with van der Waals surface area (Å²) < 4.78 is 11.4. The zero-order chi connectivity index (χ0) is 19.5. The van der Waals surface area contributed by atoms with Crippen molar-refractivity contribution >= 4 is 35.6 Å². The van der Waals surface area contributed by atoms with Crippen molar-refractivity contribution in [2.24, 2.45) is 0 Å². The lowest BCUT2D eigenvalue weighted by molar-refractivity contribution is 0.284. The van der Waals surface area contributed by atoms with E-state index < -0.39 is 0 Å². The third kappa shape index (κ3) is 8.48. The molecule has 2 rings (SSSR count). The molecule has 0 amide bonds. The van der Waals surface area contributed by atoms with Gasteiger partial charge in [-0.05, 0) is 48.4 Å². The van der Waals surface area contributed by atoms with E-state index in [4.69, 9.17) is 32.7 Å². The van der Waals surface area contributed by atoms with Gasteiger partial charge in [-0.25, -0.2) is 0 Å². The molecule has 6 heteroatoms. The van der Waals surface area contributed by atoms with Crippen LogP contribution in [0, 0.1) is 0 Å². The number of benzene rings is 2. The molecule has 2 aromatic rings. The van der Waals surface area contributed by atoms with Crippen molar-refractivity contribution in [3.63, 3.8) is 0 Å². The second kappa shape index (κ2) is 13.9. The molecule has 0 saturated carbocycles. The number of hydrogen-bond donors (Lipinski definition) is 1. The molecule has 0 heterocycles. The fourth-order valence-corrected chi connectivity index (χ4v) is 3.25. The summed E-state index contributed by atoms with van der Waals surface area (Å²) in [5.41, 5.74) is 2.11. The molecular formula is C22H30Cl3NO2. The number of methoxy groups -OCH3 is 1. The smallest absolute Gasteiger partial charge is 0.180 e. The third-order valence-corrected chi connectivity index (χ3v) is 4.90. The summed E-state index contributed by atoms with van der Waals surface area (Å²) in [6.45, 7) is 4.42. The van der Waals surface area contributed by atoms with Crippen LogP contribution in [-0.4, -0.2) is 13.7 Å². The summed E-state index contributed by atoms with van der Waals surface area (Å²) in [6, 6.07) is 11.5. The minimum Gasteiger partial charge on any atom is -0.493 e. The van der Waals surface area contributed by atoms with E-state index in [1.807, 2.05) is 36.4 Å². The molecule has 0 aromatic heterocycles. The van der Waals surface area contributed by atoms with Crippen LogP contribution < -0.4 is 14.8 Å². The summed E-state index contributed by atoms with van der Waals surface area (Å²) in [5.74, 6) is 1.22. The molecule has 2 aromatic carbocycles. The first kappa shape index (κ1) is 24.9. The van der Waals surface area contributed by atoms with Crippen LogP contribution in [0.25, 0.3) is 0 Å². The lowest BCUT2D eigenvalue weighted by Crippen LogP contribution is -2.14. The van der Waals surface area contributed by atoms with Crippen molar-refractivity contribution in [3.8, 4) is 11.5 Å². The molecule has 0 saturated heterocycles. The number of nitrogens with one attached hydrogen (secondary N) is 1. The highest BCUT2D eigenvalue weighted by Crippen LogP contribution is 2.37. The van der Waals surface area contributed by atoms with Crippen LogP contribution in [0.3, 0.4) is 0 Å². The highest BCUT2D eigenvalue weighted by Gasteiger charge is 2.12. The average Bonchev–Trinajstić information content (AvgIpc) is 2.67. The lowest BCUT2D eigenvalue weighted by Gasteiger charge is -2.15. The van der Waals surface area contributed by atoms with Gasteiger partial charge in [-0.3, -0.25) is 0 Å². The monoisotopic (exact) mass is 445 g/mol. The van der Waals surface area contributed by atoms with E-state index in [1.54, 1.807) is 7.11 Å². The Bertz CT molecular complexity index is 693. The second-order valence-corrected chi connectivity index (χ2v) is 7.46. The molecular weight excluding hydrogens is 417 g/mol. The molecule has 0 aliphatic carbocycles. The fourth-order valence-electron chi connectivity index (χ4n) is 2.84. The van der Waals surface area contributed by atoms with Gasteiger partial charge in [-0.1, -0.05) is 67.9 Å². The zero-order valence-corrected chi connectivity index (χ0v) is 18.9. The maximum atomic E-state index is 6.45. The van der Waals surface area contributed by atoms with Gasteiger partial charge >= 0.3 is 0 Å². The predicted octanol–water partition coefficient (Wildman–Crippen LogP) is 7.06. The van der Waals surface area contributed by atoms with Gasteiger partial charge in [0.15, 0.2) is 11.5 Å². The van der Waals surface area contributed by atoms with Crippen LogP contribution in [0.5, 0.6) is 11.5 Å². The number of ether oxygens (including phenoxy) is 2. The van der Waals surface area contributed by atoms with Gasteiger partial charge in [0.2, 0.25) is 0 Å². The Morgan fingerprint density at radius 3 is 2.32 bits per heavy atom. The van der Waals surface area contributed by atoms with Crippen molar-refractivity contribution < 1.29 is 9.47 Å². The van der Waals surface area contributed by atoms with Crippen molar-refractivity contribution in [2.45, 2.75) is 52.2 Å². The molecule has 3 nitrogen and oxygen atoms in total. The Morgan fingerprint density at radius 2 is 1.64 bits per heavy atom. The molecule has 0 unspecified atom stereocenters. The Labute approximate surface area is 185 Å². The summed E-state index contributed by atoms with van der Waals surface area (Å²) in [6.07, 6.45) is 6.40. The van der Waals surface area contributed by atoms with E-state index in [0.29, 0.717) is 28.2 Å². The van der Waals surface area contributed by atoms with E-state index in [0.717, 1.165) is 24.2 Å². The molecule has 0 spiro atoms. The van der Waals surface area contributed by atoms with Crippen LogP contribution >= 0.6 is 35.6 Å². The van der Waals surface area contributed by atoms with Gasteiger partial charge < -0.3 is 14.8 Å². The third-order valence-electron chi connectivity index (χ3n) is 4.37. The van der Waals surface area contributed by atoms with Crippen molar-refractivity contribution in [1.82, 2.24) is 5.32 Å². The number of halogens is 3. The van der Waals surface area contributed by atoms with Crippen LogP contribution in [0.4, 0.5) is 0 Å². The van der Waals surface area contributed by atoms with Gasteiger partial charge in [-0.2, -0.15) is 0 Å². The van der Waals surface area contributed by atoms with Gasteiger partial charge in [0.25, 0.3) is 0 Å². The van der Waals surface area contributed by atoms with Gasteiger partial charge in [0.05, 0.1) is 12.1 Å². The minimum absolute atomic E-state index is 0. The Balaban J connectivity index is 0.00000392. The first-order valence-corrected chi connectivity index (χ1v) is 10.3. The van der Waals surface area contributed by atoms with Gasteiger partial charge in [0.1, 0.15) is 6.61 Å². The van der Waals surface area contributed by atoms with Crippen molar-refractivity contribution in [3.05, 3.63) is 57.6 Å². The molecule has 28 heavy (non-hydrogen) atoms. The van der Waals surface area contributed by atoms with E-state index in [2.05, 4.69) is 12.2 Å². The number of rotatable bonds is 12. The normalized spacial score (nSPS) is 10.4. The van der Waals surface area contributed by atoms with Gasteiger partial charge in [-0.15, -0.1) is 12.4 Å². The molecule has 0 aliphatic heterocycles. The Morgan fingerprint density at radius 1 is 0.929 bits per heavy atom. The summed E-state index contributed by atoms with van der Waals surface area (Å²) in [7, 11) is 1.63. The molecule has 0 atom stereocenters. The standard InChI is InChI=1S/C22H29Cl2NO2.ClH/c1-3-4-5-6-7-12-25-15-18-13-20(24)22(21(14-18)26-2)27-16-17-8-10-19(23)11-9-17;/h8-11,13-14,25H,3-7,12,15-16H2,1-2H3;1H. The van der Waals surface area contributed by atoms with Crippen molar-refractivity contribution in [2.75, 3.05) is 13.7 Å². The molecule has 0 fully saturated rings.